The van der Waals surface area contributed by atoms with E-state index in [1.807, 2.05) is 13.0 Å². The highest BCUT2D eigenvalue weighted by molar-refractivity contribution is 7.92. The molecule has 0 saturated carbocycles. The summed E-state index contributed by atoms with van der Waals surface area (Å²) < 4.78 is 31.3. The molecule has 168 valence electrons. The molecule has 2 aromatic rings. The lowest BCUT2D eigenvalue weighted by atomic mass is 9.89. The van der Waals surface area contributed by atoms with Crippen molar-refractivity contribution < 1.29 is 17.9 Å². The first-order valence-corrected chi connectivity index (χ1v) is 12.6. The summed E-state index contributed by atoms with van der Waals surface area (Å²) in [6, 6.07) is 9.76. The number of halogens is 1. The second kappa shape index (κ2) is 9.49. The van der Waals surface area contributed by atoms with Gasteiger partial charge in [-0.05, 0) is 74.4 Å². The molecule has 31 heavy (non-hydrogen) atoms. The molecule has 2 atom stereocenters. The van der Waals surface area contributed by atoms with E-state index in [2.05, 4.69) is 17.4 Å². The Bertz CT molecular complexity index is 1070. The van der Waals surface area contributed by atoms with E-state index >= 15 is 0 Å². The van der Waals surface area contributed by atoms with Crippen LogP contribution < -0.4 is 14.4 Å². The molecule has 0 bridgehead atoms. The highest BCUT2D eigenvalue weighted by Crippen LogP contribution is 2.31. The van der Waals surface area contributed by atoms with Crippen molar-refractivity contribution in [2.45, 2.75) is 51.6 Å². The van der Waals surface area contributed by atoms with Crippen molar-refractivity contribution in [1.29, 1.82) is 0 Å². The minimum atomic E-state index is -3.74. The number of benzene rings is 2. The summed E-state index contributed by atoms with van der Waals surface area (Å²) in [6.07, 6.45) is 5.62. The zero-order chi connectivity index (χ0) is 22.8. The number of sulfonamides is 1. The highest BCUT2D eigenvalue weighted by atomic mass is 35.5. The van der Waals surface area contributed by atoms with Gasteiger partial charge in [0.05, 0.1) is 30.1 Å². The van der Waals surface area contributed by atoms with Crippen LogP contribution in [0.15, 0.2) is 36.4 Å². The van der Waals surface area contributed by atoms with E-state index in [1.54, 1.807) is 19.1 Å². The molecule has 0 aromatic heterocycles. The molecule has 2 aromatic carbocycles. The number of nitrogens with zero attached hydrogens (tertiary/aromatic N) is 1. The number of anilines is 1. The van der Waals surface area contributed by atoms with Crippen molar-refractivity contribution in [3.8, 4) is 5.75 Å². The maximum atomic E-state index is 13.0. The van der Waals surface area contributed by atoms with Crippen LogP contribution in [0, 0.1) is 0 Å². The van der Waals surface area contributed by atoms with Gasteiger partial charge in [-0.2, -0.15) is 0 Å². The summed E-state index contributed by atoms with van der Waals surface area (Å²) in [4.78, 5) is 13.0. The Morgan fingerprint density at radius 1 is 1.10 bits per heavy atom. The molecule has 0 unspecified atom stereocenters. The molecule has 1 aliphatic rings. The van der Waals surface area contributed by atoms with Gasteiger partial charge >= 0.3 is 0 Å². The second-order valence-corrected chi connectivity index (χ2v) is 10.3. The number of fused-ring (bicyclic) bond motifs is 1. The molecule has 1 aliphatic carbocycles. The number of nitrogens with one attached hydrogen (secondary N) is 1. The Kier molecular flexibility index (Phi) is 7.17. The summed E-state index contributed by atoms with van der Waals surface area (Å²) >= 11 is 6.18. The summed E-state index contributed by atoms with van der Waals surface area (Å²) in [7, 11) is -2.26. The quantitative estimate of drug-likeness (QED) is 0.664. The summed E-state index contributed by atoms with van der Waals surface area (Å²) in [5.74, 6) is 0.0413. The molecular formula is C23H29ClN2O4S. The first-order chi connectivity index (χ1) is 14.6. The van der Waals surface area contributed by atoms with Crippen molar-refractivity contribution >= 4 is 33.2 Å². The molecule has 0 fully saturated rings. The number of carbonyl (C=O) groups is 1. The Balaban J connectivity index is 1.81. The lowest BCUT2D eigenvalue weighted by Gasteiger charge is -2.29. The van der Waals surface area contributed by atoms with Gasteiger partial charge in [0.1, 0.15) is 11.8 Å². The van der Waals surface area contributed by atoms with Crippen LogP contribution in [0.25, 0.3) is 0 Å². The largest absolute Gasteiger partial charge is 0.495 e. The summed E-state index contributed by atoms with van der Waals surface area (Å²) in [5.41, 5.74) is 4.03. The van der Waals surface area contributed by atoms with Gasteiger partial charge in [-0.25, -0.2) is 8.42 Å². The van der Waals surface area contributed by atoms with Crippen LogP contribution in [0.3, 0.4) is 0 Å². The van der Waals surface area contributed by atoms with Crippen LogP contribution in [0.2, 0.25) is 5.02 Å². The SMILES string of the molecule is COc1ccc(N([C@H](C)C(=O)N[C@H](C)c2ccc3c(c2)CCCC3)S(C)(=O)=O)cc1Cl. The maximum absolute atomic E-state index is 13.0. The molecule has 1 amide bonds. The van der Waals surface area contributed by atoms with Crippen molar-refractivity contribution in [3.63, 3.8) is 0 Å². The fourth-order valence-electron chi connectivity index (χ4n) is 4.04. The van der Waals surface area contributed by atoms with Gasteiger partial charge in [-0.15, -0.1) is 0 Å². The van der Waals surface area contributed by atoms with Gasteiger partial charge in [-0.1, -0.05) is 29.8 Å². The van der Waals surface area contributed by atoms with E-state index in [0.717, 1.165) is 29.0 Å². The van der Waals surface area contributed by atoms with Crippen molar-refractivity contribution in [3.05, 3.63) is 58.1 Å². The summed E-state index contributed by atoms with van der Waals surface area (Å²) in [6.45, 7) is 3.47. The van der Waals surface area contributed by atoms with E-state index in [4.69, 9.17) is 16.3 Å². The predicted octanol–water partition coefficient (Wildman–Crippen LogP) is 4.26. The van der Waals surface area contributed by atoms with Crippen LogP contribution in [0.1, 0.15) is 49.4 Å². The molecular weight excluding hydrogens is 436 g/mol. The normalized spacial score (nSPS) is 15.5. The van der Waals surface area contributed by atoms with E-state index in [-0.39, 0.29) is 17.0 Å². The smallest absolute Gasteiger partial charge is 0.244 e. The van der Waals surface area contributed by atoms with E-state index in [9.17, 15) is 13.2 Å². The number of aryl methyl sites for hydroxylation is 2. The fourth-order valence-corrected chi connectivity index (χ4v) is 5.46. The van der Waals surface area contributed by atoms with Crippen LogP contribution in [-0.4, -0.2) is 33.7 Å². The van der Waals surface area contributed by atoms with Crippen LogP contribution in [0.5, 0.6) is 5.75 Å². The number of carbonyl (C=O) groups excluding carboxylic acids is 1. The molecule has 1 N–H and O–H groups in total. The van der Waals surface area contributed by atoms with Crippen molar-refractivity contribution in [2.75, 3.05) is 17.7 Å². The fraction of sp³-hybridized carbons (Fsp3) is 0.435. The number of amides is 1. The van der Waals surface area contributed by atoms with Gasteiger partial charge in [-0.3, -0.25) is 9.10 Å². The Labute approximate surface area is 189 Å². The summed E-state index contributed by atoms with van der Waals surface area (Å²) in [5, 5.41) is 3.23. The van der Waals surface area contributed by atoms with Gasteiger partial charge in [0, 0.05) is 0 Å². The average Bonchev–Trinajstić information content (AvgIpc) is 2.72. The first kappa shape index (κ1) is 23.4. The van der Waals surface area contributed by atoms with Crippen LogP contribution in [0.4, 0.5) is 5.69 Å². The van der Waals surface area contributed by atoms with Gasteiger partial charge in [0.2, 0.25) is 15.9 Å². The standard InChI is InChI=1S/C23H29ClN2O4S/c1-15(18-10-9-17-7-5-6-8-19(17)13-18)25-23(27)16(2)26(31(4,28)29)20-11-12-22(30-3)21(24)14-20/h9-16H,5-8H2,1-4H3,(H,25,27)/t15-,16-/m1/s1. The molecule has 0 heterocycles. The van der Waals surface area contributed by atoms with Crippen LogP contribution >= 0.6 is 11.6 Å². The van der Waals surface area contributed by atoms with E-state index < -0.39 is 16.1 Å². The lowest BCUT2D eigenvalue weighted by molar-refractivity contribution is -0.122. The maximum Gasteiger partial charge on any atom is 0.244 e. The number of rotatable bonds is 7. The molecule has 0 saturated heterocycles. The number of hydrogen-bond donors (Lipinski definition) is 1. The minimum Gasteiger partial charge on any atom is -0.495 e. The molecule has 0 spiro atoms. The van der Waals surface area contributed by atoms with E-state index in [1.165, 1.54) is 37.1 Å². The highest BCUT2D eigenvalue weighted by Gasteiger charge is 2.30. The molecule has 8 heteroatoms. The third-order valence-electron chi connectivity index (χ3n) is 5.71. The Morgan fingerprint density at radius 2 is 1.77 bits per heavy atom. The van der Waals surface area contributed by atoms with E-state index in [0.29, 0.717) is 11.4 Å². The van der Waals surface area contributed by atoms with Gasteiger partial charge < -0.3 is 10.1 Å². The minimum absolute atomic E-state index is 0.247. The third-order valence-corrected chi connectivity index (χ3v) is 7.25. The molecule has 6 nitrogen and oxygen atoms in total. The zero-order valence-corrected chi connectivity index (χ0v) is 19.9. The monoisotopic (exact) mass is 464 g/mol. The lowest BCUT2D eigenvalue weighted by Crippen LogP contribution is -2.48. The topological polar surface area (TPSA) is 75.7 Å². The van der Waals surface area contributed by atoms with Gasteiger partial charge in [0.15, 0.2) is 0 Å². The van der Waals surface area contributed by atoms with Crippen molar-refractivity contribution in [2.24, 2.45) is 0 Å². The average molecular weight is 465 g/mol. The number of methoxy groups -OCH3 is 1. The third kappa shape index (κ3) is 5.33. The number of hydrogen-bond acceptors (Lipinski definition) is 4. The molecule has 0 aliphatic heterocycles. The zero-order valence-electron chi connectivity index (χ0n) is 18.3. The first-order valence-electron chi connectivity index (χ1n) is 10.4. The second-order valence-electron chi connectivity index (χ2n) is 8.02. The van der Waals surface area contributed by atoms with Crippen molar-refractivity contribution in [1.82, 2.24) is 5.32 Å². The molecule has 3 rings (SSSR count). The molecule has 0 radical (unpaired) electrons. The Hall–Kier alpha value is -2.25. The number of ether oxygens (including phenoxy) is 1. The predicted molar refractivity (Wildman–Crippen MR) is 124 cm³/mol. The Morgan fingerprint density at radius 3 is 2.39 bits per heavy atom. The van der Waals surface area contributed by atoms with Crippen LogP contribution in [-0.2, 0) is 27.7 Å². The van der Waals surface area contributed by atoms with Gasteiger partial charge in [0.25, 0.3) is 0 Å².